The van der Waals surface area contributed by atoms with Gasteiger partial charge in [0.25, 0.3) is 0 Å². The van der Waals surface area contributed by atoms with Crippen molar-refractivity contribution < 1.29 is 0 Å². The number of nitrogens with zero attached hydrogens (tertiary/aromatic N) is 4. The Morgan fingerprint density at radius 3 is 2.48 bits per heavy atom. The van der Waals surface area contributed by atoms with Crippen LogP contribution in [0.4, 0.5) is 0 Å². The van der Waals surface area contributed by atoms with Crippen LogP contribution in [0.3, 0.4) is 0 Å². The maximum absolute atomic E-state index is 4.88. The van der Waals surface area contributed by atoms with E-state index in [0.29, 0.717) is 0 Å². The van der Waals surface area contributed by atoms with E-state index >= 15 is 0 Å². The Labute approximate surface area is 185 Å². The summed E-state index contributed by atoms with van der Waals surface area (Å²) in [6.07, 6.45) is 3.02. The second kappa shape index (κ2) is 9.88. The number of para-hydroxylation sites is 1. The molecular formula is C27H32N4. The van der Waals surface area contributed by atoms with E-state index in [-0.39, 0.29) is 0 Å². The largest absolute Gasteiger partial charge is 0.334 e. The third kappa shape index (κ3) is 4.70. The van der Waals surface area contributed by atoms with Crippen LogP contribution in [0.1, 0.15) is 37.2 Å². The number of hydrogen-bond acceptors (Lipinski definition) is 3. The van der Waals surface area contributed by atoms with Gasteiger partial charge in [0.15, 0.2) is 0 Å². The van der Waals surface area contributed by atoms with E-state index in [9.17, 15) is 0 Å². The number of benzene rings is 2. The highest BCUT2D eigenvalue weighted by molar-refractivity contribution is 6.09. The first-order chi connectivity index (χ1) is 15.2. The van der Waals surface area contributed by atoms with E-state index in [1.54, 1.807) is 0 Å². The van der Waals surface area contributed by atoms with Gasteiger partial charge in [-0.25, -0.2) is 4.98 Å². The topological polar surface area (TPSA) is 33.4 Å². The van der Waals surface area contributed by atoms with Crippen molar-refractivity contribution in [2.45, 2.75) is 33.7 Å². The first kappa shape index (κ1) is 21.3. The van der Waals surface area contributed by atoms with Gasteiger partial charge < -0.3 is 9.47 Å². The van der Waals surface area contributed by atoms with Crippen LogP contribution in [0.5, 0.6) is 0 Å². The van der Waals surface area contributed by atoms with Crippen LogP contribution in [0.2, 0.25) is 0 Å². The lowest BCUT2D eigenvalue weighted by molar-refractivity contribution is 0.302. The third-order valence-corrected chi connectivity index (χ3v) is 6.00. The molecule has 0 radical (unpaired) electrons. The first-order valence-electron chi connectivity index (χ1n) is 11.4. The van der Waals surface area contributed by atoms with Gasteiger partial charge in [0, 0.05) is 35.6 Å². The van der Waals surface area contributed by atoms with Gasteiger partial charge in [-0.2, -0.15) is 0 Å². The predicted octanol–water partition coefficient (Wildman–Crippen LogP) is 5.70. The summed E-state index contributed by atoms with van der Waals surface area (Å²) in [6, 6.07) is 21.5. The van der Waals surface area contributed by atoms with Crippen LogP contribution >= 0.6 is 0 Å². The lowest BCUT2D eigenvalue weighted by Gasteiger charge is -2.16. The van der Waals surface area contributed by atoms with Gasteiger partial charge in [-0.3, -0.25) is 4.99 Å². The smallest absolute Gasteiger partial charge is 0.0818 e. The minimum atomic E-state index is 0.838. The Morgan fingerprint density at radius 1 is 0.968 bits per heavy atom. The normalized spacial score (nSPS) is 12.0. The summed E-state index contributed by atoms with van der Waals surface area (Å²) in [7, 11) is 0. The fourth-order valence-corrected chi connectivity index (χ4v) is 4.37. The van der Waals surface area contributed by atoms with Gasteiger partial charge >= 0.3 is 0 Å². The lowest BCUT2D eigenvalue weighted by Crippen LogP contribution is -2.24. The number of aliphatic imine (C=N–C) groups is 1. The van der Waals surface area contributed by atoms with Crippen molar-refractivity contribution in [3.05, 3.63) is 77.6 Å². The zero-order valence-corrected chi connectivity index (χ0v) is 18.9. The molecule has 0 fully saturated rings. The molecule has 2 heterocycles. The zero-order chi connectivity index (χ0) is 21.6. The van der Waals surface area contributed by atoms with Crippen LogP contribution in [0.15, 0.2) is 65.7 Å². The summed E-state index contributed by atoms with van der Waals surface area (Å²) < 4.78 is 2.40. The molecule has 0 bridgehead atoms. The molecule has 0 spiro atoms. The Morgan fingerprint density at radius 2 is 1.71 bits per heavy atom. The molecular weight excluding hydrogens is 380 g/mol. The maximum Gasteiger partial charge on any atom is 0.0818 e. The van der Waals surface area contributed by atoms with Crippen molar-refractivity contribution in [1.82, 2.24) is 14.5 Å². The molecule has 4 rings (SSSR count). The van der Waals surface area contributed by atoms with E-state index in [1.165, 1.54) is 27.4 Å². The molecule has 4 nitrogen and oxygen atoms in total. The second-order valence-corrected chi connectivity index (χ2v) is 8.03. The standard InChI is InChI=1S/C27H32N4/c1-4-30(5-2)17-11-16-28-19-23-18-25-24-14-9-10-15-26(24)31(27(25)21(3)29-23)20-22-12-7-6-8-13-22/h6-10,12-15,18-19H,4-5,11,16-17,20H2,1-3H3. The van der Waals surface area contributed by atoms with Crippen molar-refractivity contribution in [2.75, 3.05) is 26.2 Å². The summed E-state index contributed by atoms with van der Waals surface area (Å²) in [6.45, 7) is 11.5. The molecule has 0 atom stereocenters. The van der Waals surface area contributed by atoms with E-state index in [2.05, 4.69) is 95.9 Å². The SMILES string of the molecule is CCN(CC)CCCN=Cc1cc2c3ccccc3n(Cc3ccccc3)c2c(C)n1. The van der Waals surface area contributed by atoms with Gasteiger partial charge in [-0.15, -0.1) is 0 Å². The maximum atomic E-state index is 4.88. The van der Waals surface area contributed by atoms with Crippen LogP contribution in [0, 0.1) is 6.92 Å². The van der Waals surface area contributed by atoms with Crippen LogP contribution < -0.4 is 0 Å². The summed E-state index contributed by atoms with van der Waals surface area (Å²) in [5, 5.41) is 2.53. The van der Waals surface area contributed by atoms with Crippen LogP contribution in [0.25, 0.3) is 21.8 Å². The molecule has 0 aliphatic carbocycles. The van der Waals surface area contributed by atoms with Crippen molar-refractivity contribution in [2.24, 2.45) is 4.99 Å². The minimum absolute atomic E-state index is 0.838. The average molecular weight is 413 g/mol. The van der Waals surface area contributed by atoms with Crippen molar-refractivity contribution >= 4 is 28.0 Å². The highest BCUT2D eigenvalue weighted by Gasteiger charge is 2.14. The van der Waals surface area contributed by atoms with Crippen molar-refractivity contribution in [3.63, 3.8) is 0 Å². The molecule has 0 amide bonds. The van der Waals surface area contributed by atoms with E-state index in [0.717, 1.165) is 50.5 Å². The molecule has 4 aromatic rings. The van der Waals surface area contributed by atoms with Gasteiger partial charge in [-0.1, -0.05) is 62.4 Å². The summed E-state index contributed by atoms with van der Waals surface area (Å²) in [5.41, 5.74) is 5.75. The number of rotatable bonds is 9. The van der Waals surface area contributed by atoms with Crippen LogP contribution in [-0.2, 0) is 6.54 Å². The fourth-order valence-electron chi connectivity index (χ4n) is 4.37. The Kier molecular flexibility index (Phi) is 6.78. The lowest BCUT2D eigenvalue weighted by atomic mass is 10.1. The first-order valence-corrected chi connectivity index (χ1v) is 11.4. The van der Waals surface area contributed by atoms with E-state index in [4.69, 9.17) is 4.98 Å². The molecule has 0 aliphatic rings. The number of fused-ring (bicyclic) bond motifs is 3. The minimum Gasteiger partial charge on any atom is -0.334 e. The summed E-state index contributed by atoms with van der Waals surface area (Å²) >= 11 is 0. The molecule has 4 heteroatoms. The molecule has 0 aliphatic heterocycles. The molecule has 0 saturated carbocycles. The molecule has 0 saturated heterocycles. The van der Waals surface area contributed by atoms with E-state index in [1.807, 2.05) is 6.21 Å². The number of pyridine rings is 1. The van der Waals surface area contributed by atoms with Gasteiger partial charge in [0.2, 0.25) is 0 Å². The average Bonchev–Trinajstić information content (AvgIpc) is 3.11. The Balaban J connectivity index is 1.64. The van der Waals surface area contributed by atoms with Crippen molar-refractivity contribution in [1.29, 1.82) is 0 Å². The fraction of sp³-hybridized carbons (Fsp3) is 0.333. The van der Waals surface area contributed by atoms with Gasteiger partial charge in [0.05, 0.1) is 16.9 Å². The molecule has 0 N–H and O–H groups in total. The molecule has 2 aromatic carbocycles. The molecule has 31 heavy (non-hydrogen) atoms. The van der Waals surface area contributed by atoms with Crippen molar-refractivity contribution in [3.8, 4) is 0 Å². The predicted molar refractivity (Wildman–Crippen MR) is 132 cm³/mol. The molecule has 160 valence electrons. The Bertz CT molecular complexity index is 1170. The number of aryl methyl sites for hydroxylation is 1. The highest BCUT2D eigenvalue weighted by Crippen LogP contribution is 2.31. The second-order valence-electron chi connectivity index (χ2n) is 8.03. The van der Waals surface area contributed by atoms with Gasteiger partial charge in [-0.05, 0) is 50.7 Å². The molecule has 2 aromatic heterocycles. The number of hydrogen-bond donors (Lipinski definition) is 0. The van der Waals surface area contributed by atoms with Gasteiger partial charge in [0.1, 0.15) is 0 Å². The molecule has 0 unspecified atom stereocenters. The zero-order valence-electron chi connectivity index (χ0n) is 18.9. The quantitative estimate of drug-likeness (QED) is 0.261. The van der Waals surface area contributed by atoms with E-state index < -0.39 is 0 Å². The summed E-state index contributed by atoms with van der Waals surface area (Å²) in [4.78, 5) is 12.0. The highest BCUT2D eigenvalue weighted by atomic mass is 15.1. The third-order valence-electron chi connectivity index (χ3n) is 6.00. The summed E-state index contributed by atoms with van der Waals surface area (Å²) in [5.74, 6) is 0. The monoisotopic (exact) mass is 412 g/mol. The van der Waals surface area contributed by atoms with Crippen LogP contribution in [-0.4, -0.2) is 46.8 Å². The number of aromatic nitrogens is 2. The Hall–Kier alpha value is -2.98.